The van der Waals surface area contributed by atoms with Crippen molar-refractivity contribution < 1.29 is 4.39 Å². The summed E-state index contributed by atoms with van der Waals surface area (Å²) in [5, 5.41) is 3.03. The number of nitroso groups, excluding NO2 is 1. The van der Waals surface area contributed by atoms with Crippen molar-refractivity contribution >= 4 is 0 Å². The minimum absolute atomic E-state index is 0.271. The highest BCUT2D eigenvalue weighted by Gasteiger charge is 2.19. The Morgan fingerprint density at radius 2 is 2.33 bits per heavy atom. The molecule has 1 fully saturated rings. The molecule has 0 spiro atoms. The van der Waals surface area contributed by atoms with Crippen molar-refractivity contribution in [1.82, 2.24) is 9.55 Å². The van der Waals surface area contributed by atoms with E-state index < -0.39 is 11.9 Å². The van der Waals surface area contributed by atoms with Crippen LogP contribution in [0.15, 0.2) is 42.1 Å². The number of aromatic nitrogens is 2. The zero-order chi connectivity index (χ0) is 14.7. The average Bonchev–Trinajstić information content (AvgIpc) is 3.18. The van der Waals surface area contributed by atoms with Crippen LogP contribution in [0.3, 0.4) is 0 Å². The Labute approximate surface area is 122 Å². The summed E-state index contributed by atoms with van der Waals surface area (Å²) in [7, 11) is 0. The van der Waals surface area contributed by atoms with Crippen LogP contribution in [-0.4, -0.2) is 9.55 Å². The molecule has 1 atom stereocenters. The summed E-state index contributed by atoms with van der Waals surface area (Å²) in [6.07, 6.45) is 7.16. The molecule has 21 heavy (non-hydrogen) atoms. The molecule has 4 nitrogen and oxygen atoms in total. The summed E-state index contributed by atoms with van der Waals surface area (Å²) >= 11 is 0. The van der Waals surface area contributed by atoms with Gasteiger partial charge in [-0.05, 0) is 25.0 Å². The lowest BCUT2D eigenvalue weighted by molar-refractivity contribution is 0.531. The Bertz CT molecular complexity index is 696. The first-order valence-corrected chi connectivity index (χ1v) is 6.85. The summed E-state index contributed by atoms with van der Waals surface area (Å²) in [5.74, 6) is 6.08. The maximum Gasteiger partial charge on any atom is 0.138 e. The van der Waals surface area contributed by atoms with E-state index in [0.29, 0.717) is 11.5 Å². The molecule has 1 heterocycles. The van der Waals surface area contributed by atoms with Crippen LogP contribution in [0.5, 0.6) is 0 Å². The number of hydrogen-bond donors (Lipinski definition) is 0. The fourth-order valence-corrected chi connectivity index (χ4v) is 2.07. The monoisotopic (exact) mass is 283 g/mol. The van der Waals surface area contributed by atoms with E-state index in [0.717, 1.165) is 12.8 Å². The first-order chi connectivity index (χ1) is 10.3. The van der Waals surface area contributed by atoms with E-state index in [2.05, 4.69) is 22.0 Å². The molecule has 0 aliphatic heterocycles. The number of rotatable bonds is 4. The zero-order valence-corrected chi connectivity index (χ0v) is 11.4. The SMILES string of the molecule is O=NC(Cn1ccnc1)c1ccc(C#CC2CC2)cc1F. The smallest absolute Gasteiger partial charge is 0.138 e. The van der Waals surface area contributed by atoms with E-state index in [1.54, 1.807) is 35.4 Å². The third-order valence-electron chi connectivity index (χ3n) is 3.43. The number of halogens is 1. The van der Waals surface area contributed by atoms with Gasteiger partial charge in [-0.15, -0.1) is 0 Å². The number of nitrogens with zero attached hydrogens (tertiary/aromatic N) is 3. The van der Waals surface area contributed by atoms with E-state index in [-0.39, 0.29) is 12.1 Å². The largest absolute Gasteiger partial charge is 0.335 e. The van der Waals surface area contributed by atoms with Crippen molar-refractivity contribution in [3.8, 4) is 11.8 Å². The highest BCUT2D eigenvalue weighted by Crippen LogP contribution is 2.28. The van der Waals surface area contributed by atoms with Crippen molar-refractivity contribution in [2.75, 3.05) is 0 Å². The molecule has 1 aromatic heterocycles. The lowest BCUT2D eigenvalue weighted by Gasteiger charge is -2.11. The molecule has 1 saturated carbocycles. The maximum atomic E-state index is 14.2. The first-order valence-electron chi connectivity index (χ1n) is 6.85. The van der Waals surface area contributed by atoms with Crippen LogP contribution in [0.25, 0.3) is 0 Å². The molecule has 1 aromatic carbocycles. The van der Waals surface area contributed by atoms with Crippen LogP contribution >= 0.6 is 0 Å². The molecule has 0 N–H and O–H groups in total. The molecule has 1 aliphatic carbocycles. The minimum Gasteiger partial charge on any atom is -0.335 e. The second kappa shape index (κ2) is 5.88. The Hall–Kier alpha value is -2.48. The van der Waals surface area contributed by atoms with Gasteiger partial charge in [0, 0.05) is 29.4 Å². The molecular weight excluding hydrogens is 269 g/mol. The van der Waals surface area contributed by atoms with Gasteiger partial charge in [-0.1, -0.05) is 23.1 Å². The summed E-state index contributed by atoms with van der Waals surface area (Å²) in [6, 6.07) is 3.93. The summed E-state index contributed by atoms with van der Waals surface area (Å²) < 4.78 is 15.9. The number of imidazole rings is 1. The highest BCUT2D eigenvalue weighted by molar-refractivity contribution is 5.38. The molecule has 106 valence electrons. The van der Waals surface area contributed by atoms with Crippen LogP contribution < -0.4 is 0 Å². The van der Waals surface area contributed by atoms with E-state index >= 15 is 0 Å². The van der Waals surface area contributed by atoms with Crippen LogP contribution in [-0.2, 0) is 6.54 Å². The molecule has 0 radical (unpaired) electrons. The molecule has 3 rings (SSSR count). The first kappa shape index (κ1) is 13.5. The quantitative estimate of drug-likeness (QED) is 0.638. The highest BCUT2D eigenvalue weighted by atomic mass is 19.1. The molecule has 1 unspecified atom stereocenters. The molecule has 2 aromatic rings. The number of benzene rings is 1. The van der Waals surface area contributed by atoms with Crippen LogP contribution in [0.1, 0.15) is 30.0 Å². The summed E-state index contributed by atoms with van der Waals surface area (Å²) in [6.45, 7) is 0.271. The predicted octanol–water partition coefficient (Wildman–Crippen LogP) is 3.29. The van der Waals surface area contributed by atoms with E-state index in [4.69, 9.17) is 0 Å². The van der Waals surface area contributed by atoms with Gasteiger partial charge in [0.25, 0.3) is 0 Å². The van der Waals surface area contributed by atoms with Crippen molar-refractivity contribution in [1.29, 1.82) is 0 Å². The Morgan fingerprint density at radius 3 is 2.95 bits per heavy atom. The average molecular weight is 283 g/mol. The van der Waals surface area contributed by atoms with Crippen molar-refractivity contribution in [2.24, 2.45) is 11.1 Å². The van der Waals surface area contributed by atoms with Gasteiger partial charge in [-0.25, -0.2) is 9.37 Å². The third-order valence-corrected chi connectivity index (χ3v) is 3.43. The summed E-state index contributed by atoms with van der Waals surface area (Å²) in [5.41, 5.74) is 0.922. The van der Waals surface area contributed by atoms with Gasteiger partial charge < -0.3 is 4.57 Å². The van der Waals surface area contributed by atoms with Gasteiger partial charge in [0.05, 0.1) is 12.9 Å². The molecule has 5 heteroatoms. The van der Waals surface area contributed by atoms with Gasteiger partial charge in [-0.2, -0.15) is 4.91 Å². The van der Waals surface area contributed by atoms with Crippen LogP contribution in [0.4, 0.5) is 4.39 Å². The molecule has 0 amide bonds. The van der Waals surface area contributed by atoms with Crippen LogP contribution in [0, 0.1) is 28.5 Å². The Balaban J connectivity index is 1.80. The molecule has 1 aliphatic rings. The van der Waals surface area contributed by atoms with E-state index in [1.165, 1.54) is 6.07 Å². The maximum absolute atomic E-state index is 14.2. The second-order valence-electron chi connectivity index (χ2n) is 5.16. The topological polar surface area (TPSA) is 47.2 Å². The summed E-state index contributed by atoms with van der Waals surface area (Å²) in [4.78, 5) is 14.9. The molecule has 0 saturated heterocycles. The predicted molar refractivity (Wildman–Crippen MR) is 76.8 cm³/mol. The van der Waals surface area contributed by atoms with Gasteiger partial charge in [0.15, 0.2) is 0 Å². The van der Waals surface area contributed by atoms with Crippen molar-refractivity contribution in [3.05, 3.63) is 58.8 Å². The van der Waals surface area contributed by atoms with E-state index in [9.17, 15) is 9.30 Å². The fourth-order valence-electron chi connectivity index (χ4n) is 2.07. The lowest BCUT2D eigenvalue weighted by atomic mass is 10.0. The normalized spacial score (nSPS) is 15.1. The zero-order valence-electron chi connectivity index (χ0n) is 11.4. The molecular formula is C16H14FN3O. The fraction of sp³-hybridized carbons (Fsp3) is 0.312. The molecule has 0 bridgehead atoms. The Kier molecular flexibility index (Phi) is 3.78. The van der Waals surface area contributed by atoms with Gasteiger partial charge in [0.1, 0.15) is 11.9 Å². The number of hydrogen-bond acceptors (Lipinski definition) is 3. The van der Waals surface area contributed by atoms with Crippen molar-refractivity contribution in [2.45, 2.75) is 25.4 Å². The van der Waals surface area contributed by atoms with E-state index in [1.807, 2.05) is 0 Å². The van der Waals surface area contributed by atoms with Crippen molar-refractivity contribution in [3.63, 3.8) is 0 Å². The Morgan fingerprint density at radius 1 is 1.48 bits per heavy atom. The van der Waals surface area contributed by atoms with Gasteiger partial charge in [-0.3, -0.25) is 0 Å². The second-order valence-corrected chi connectivity index (χ2v) is 5.16. The standard InChI is InChI=1S/C16H14FN3O/c17-15-9-13(4-3-12-1-2-12)5-6-14(15)16(19-21)10-20-8-7-18-11-20/h5-9,11-12,16H,1-2,10H2. The van der Waals surface area contributed by atoms with Gasteiger partial charge >= 0.3 is 0 Å². The lowest BCUT2D eigenvalue weighted by Crippen LogP contribution is -2.07. The third kappa shape index (κ3) is 3.34. The van der Waals surface area contributed by atoms with Crippen LogP contribution in [0.2, 0.25) is 0 Å². The minimum atomic E-state index is -0.773. The van der Waals surface area contributed by atoms with Gasteiger partial charge in [0.2, 0.25) is 0 Å².